The lowest BCUT2D eigenvalue weighted by molar-refractivity contribution is -0.144. The van der Waals surface area contributed by atoms with E-state index in [1.165, 1.54) is 5.56 Å². The predicted molar refractivity (Wildman–Crippen MR) is 91.5 cm³/mol. The summed E-state index contributed by atoms with van der Waals surface area (Å²) in [6.07, 6.45) is 5.87. The second kappa shape index (κ2) is 7.63. The SMILES string of the molecule is COCC1(C(=O)N2CCCN(Cc3cnn(C)c3)CC2)CCNC1. The molecule has 1 aromatic heterocycles. The fourth-order valence-electron chi connectivity index (χ4n) is 3.87. The van der Waals surface area contributed by atoms with E-state index in [-0.39, 0.29) is 11.3 Å². The number of ether oxygens (including phenoxy) is 1. The molecule has 2 fully saturated rings. The average molecular weight is 335 g/mol. The van der Waals surface area contributed by atoms with Gasteiger partial charge in [0.2, 0.25) is 5.91 Å². The van der Waals surface area contributed by atoms with Crippen molar-refractivity contribution in [1.29, 1.82) is 0 Å². The molecular weight excluding hydrogens is 306 g/mol. The molecule has 0 bridgehead atoms. The second-order valence-electron chi connectivity index (χ2n) is 7.08. The van der Waals surface area contributed by atoms with Gasteiger partial charge < -0.3 is 15.0 Å². The number of aryl methyl sites for hydroxylation is 1. The van der Waals surface area contributed by atoms with Crippen molar-refractivity contribution >= 4 is 5.91 Å². The fraction of sp³-hybridized carbons (Fsp3) is 0.765. The molecule has 1 aromatic rings. The number of hydrogen-bond acceptors (Lipinski definition) is 5. The first-order chi connectivity index (χ1) is 11.6. The Kier molecular flexibility index (Phi) is 5.53. The van der Waals surface area contributed by atoms with E-state index in [4.69, 9.17) is 4.74 Å². The van der Waals surface area contributed by atoms with Crippen molar-refractivity contribution in [3.63, 3.8) is 0 Å². The first kappa shape index (κ1) is 17.4. The van der Waals surface area contributed by atoms with E-state index < -0.39 is 0 Å². The summed E-state index contributed by atoms with van der Waals surface area (Å²) in [5.41, 5.74) is 0.862. The van der Waals surface area contributed by atoms with Crippen LogP contribution in [0.15, 0.2) is 12.4 Å². The maximum Gasteiger partial charge on any atom is 0.232 e. The van der Waals surface area contributed by atoms with Gasteiger partial charge in [0.1, 0.15) is 0 Å². The topological polar surface area (TPSA) is 62.6 Å². The molecule has 24 heavy (non-hydrogen) atoms. The summed E-state index contributed by atoms with van der Waals surface area (Å²) < 4.78 is 7.21. The van der Waals surface area contributed by atoms with E-state index in [2.05, 4.69) is 26.4 Å². The van der Waals surface area contributed by atoms with Crippen LogP contribution in [-0.2, 0) is 23.1 Å². The summed E-state index contributed by atoms with van der Waals surface area (Å²) in [6.45, 7) is 6.62. The van der Waals surface area contributed by atoms with Gasteiger partial charge in [0.15, 0.2) is 0 Å². The van der Waals surface area contributed by atoms with Crippen LogP contribution in [0, 0.1) is 5.41 Å². The van der Waals surface area contributed by atoms with Crippen molar-refractivity contribution in [3.05, 3.63) is 18.0 Å². The zero-order chi connectivity index (χ0) is 17.0. The minimum Gasteiger partial charge on any atom is -0.384 e. The van der Waals surface area contributed by atoms with Crippen LogP contribution in [0.3, 0.4) is 0 Å². The normalized spacial score (nSPS) is 25.8. The van der Waals surface area contributed by atoms with E-state index in [0.717, 1.165) is 58.7 Å². The number of methoxy groups -OCH3 is 1. The summed E-state index contributed by atoms with van der Waals surface area (Å²) >= 11 is 0. The van der Waals surface area contributed by atoms with Crippen molar-refractivity contribution in [3.8, 4) is 0 Å². The van der Waals surface area contributed by atoms with Gasteiger partial charge in [0.25, 0.3) is 0 Å². The van der Waals surface area contributed by atoms with Crippen LogP contribution >= 0.6 is 0 Å². The quantitative estimate of drug-likeness (QED) is 0.826. The number of rotatable bonds is 5. The summed E-state index contributed by atoms with van der Waals surface area (Å²) in [5.74, 6) is 0.262. The molecule has 1 amide bonds. The number of amides is 1. The second-order valence-corrected chi connectivity index (χ2v) is 7.08. The minimum atomic E-state index is -0.368. The zero-order valence-electron chi connectivity index (χ0n) is 14.8. The van der Waals surface area contributed by atoms with E-state index in [0.29, 0.717) is 6.61 Å². The lowest BCUT2D eigenvalue weighted by Crippen LogP contribution is -2.49. The van der Waals surface area contributed by atoms with Crippen LogP contribution in [0.5, 0.6) is 0 Å². The Morgan fingerprint density at radius 1 is 1.38 bits per heavy atom. The van der Waals surface area contributed by atoms with E-state index in [1.54, 1.807) is 7.11 Å². The lowest BCUT2D eigenvalue weighted by atomic mass is 9.86. The number of aromatic nitrogens is 2. The molecule has 0 radical (unpaired) electrons. The third-order valence-electron chi connectivity index (χ3n) is 5.16. The molecule has 0 aromatic carbocycles. The Morgan fingerprint density at radius 2 is 2.25 bits per heavy atom. The smallest absolute Gasteiger partial charge is 0.232 e. The maximum absolute atomic E-state index is 13.1. The Bertz CT molecular complexity index is 553. The molecule has 2 aliphatic heterocycles. The molecule has 1 N–H and O–H groups in total. The molecule has 2 saturated heterocycles. The monoisotopic (exact) mass is 335 g/mol. The first-order valence-corrected chi connectivity index (χ1v) is 8.82. The van der Waals surface area contributed by atoms with Crippen LogP contribution in [0.1, 0.15) is 18.4 Å². The summed E-state index contributed by atoms with van der Waals surface area (Å²) in [7, 11) is 3.63. The molecule has 1 atom stereocenters. The van der Waals surface area contributed by atoms with Gasteiger partial charge in [0.05, 0.1) is 18.2 Å². The molecule has 7 nitrogen and oxygen atoms in total. The van der Waals surface area contributed by atoms with Crippen molar-refractivity contribution in [2.45, 2.75) is 19.4 Å². The molecule has 7 heteroatoms. The van der Waals surface area contributed by atoms with Gasteiger partial charge in [-0.25, -0.2) is 0 Å². The Morgan fingerprint density at radius 3 is 2.92 bits per heavy atom. The molecule has 0 saturated carbocycles. The zero-order valence-corrected chi connectivity index (χ0v) is 14.8. The van der Waals surface area contributed by atoms with Gasteiger partial charge in [-0.3, -0.25) is 14.4 Å². The highest BCUT2D eigenvalue weighted by Gasteiger charge is 2.43. The molecule has 0 aliphatic carbocycles. The van der Waals surface area contributed by atoms with Crippen molar-refractivity contribution in [2.24, 2.45) is 12.5 Å². The van der Waals surface area contributed by atoms with Gasteiger partial charge in [-0.2, -0.15) is 5.10 Å². The van der Waals surface area contributed by atoms with E-state index in [9.17, 15) is 4.79 Å². The van der Waals surface area contributed by atoms with E-state index in [1.807, 2.05) is 17.9 Å². The third-order valence-corrected chi connectivity index (χ3v) is 5.16. The molecule has 0 spiro atoms. The Hall–Kier alpha value is -1.44. The third kappa shape index (κ3) is 3.79. The Balaban J connectivity index is 1.59. The minimum absolute atomic E-state index is 0.262. The van der Waals surface area contributed by atoms with E-state index >= 15 is 0 Å². The number of carbonyl (C=O) groups is 1. The number of nitrogens with one attached hydrogen (secondary N) is 1. The molecule has 3 heterocycles. The van der Waals surface area contributed by atoms with Crippen molar-refractivity contribution in [2.75, 3.05) is 53.0 Å². The standard InChI is InChI=1S/C17H29N5O2/c1-20-11-15(10-19-20)12-21-6-3-7-22(9-8-21)16(23)17(14-24-2)4-5-18-13-17/h10-11,18H,3-9,12-14H2,1-2H3. The average Bonchev–Trinajstić information content (AvgIpc) is 3.13. The lowest BCUT2D eigenvalue weighted by Gasteiger charge is -2.33. The van der Waals surface area contributed by atoms with Gasteiger partial charge in [-0.05, 0) is 19.4 Å². The number of nitrogens with zero attached hydrogens (tertiary/aromatic N) is 4. The summed E-state index contributed by atoms with van der Waals surface area (Å²) in [5, 5.41) is 7.57. The van der Waals surface area contributed by atoms with Crippen LogP contribution in [0.25, 0.3) is 0 Å². The van der Waals surface area contributed by atoms with Crippen LogP contribution in [-0.4, -0.2) is 78.5 Å². The maximum atomic E-state index is 13.1. The van der Waals surface area contributed by atoms with Gasteiger partial charge in [-0.1, -0.05) is 0 Å². The highest BCUT2D eigenvalue weighted by molar-refractivity contribution is 5.83. The predicted octanol–water partition coefficient (Wildman–Crippen LogP) is 0.0805. The molecule has 2 aliphatic rings. The Labute approximate surface area is 143 Å². The van der Waals surface area contributed by atoms with Crippen molar-refractivity contribution in [1.82, 2.24) is 24.9 Å². The summed E-state index contributed by atoms with van der Waals surface area (Å²) in [6, 6.07) is 0. The first-order valence-electron chi connectivity index (χ1n) is 8.82. The highest BCUT2D eigenvalue weighted by Crippen LogP contribution is 2.29. The molecule has 1 unspecified atom stereocenters. The fourth-order valence-corrected chi connectivity index (χ4v) is 3.87. The van der Waals surface area contributed by atoms with Crippen LogP contribution in [0.2, 0.25) is 0 Å². The van der Waals surface area contributed by atoms with Crippen LogP contribution < -0.4 is 5.32 Å². The number of hydrogen-bond donors (Lipinski definition) is 1. The van der Waals surface area contributed by atoms with Crippen molar-refractivity contribution < 1.29 is 9.53 Å². The number of carbonyl (C=O) groups excluding carboxylic acids is 1. The highest BCUT2D eigenvalue weighted by atomic mass is 16.5. The van der Waals surface area contributed by atoms with Gasteiger partial charge in [-0.15, -0.1) is 0 Å². The molecule has 3 rings (SSSR count). The van der Waals surface area contributed by atoms with Crippen LogP contribution in [0.4, 0.5) is 0 Å². The molecular formula is C17H29N5O2. The largest absolute Gasteiger partial charge is 0.384 e. The molecule has 134 valence electrons. The summed E-state index contributed by atoms with van der Waals surface area (Å²) in [4.78, 5) is 17.6. The van der Waals surface area contributed by atoms with Gasteiger partial charge >= 0.3 is 0 Å². The van der Waals surface area contributed by atoms with Gasteiger partial charge in [0, 0.05) is 65.2 Å².